The summed E-state index contributed by atoms with van der Waals surface area (Å²) in [5, 5.41) is 9.86. The van der Waals surface area contributed by atoms with Gasteiger partial charge in [-0.3, -0.25) is 4.79 Å². The fraction of sp³-hybridized carbons (Fsp3) is 0.167. The first kappa shape index (κ1) is 15.1. The molecule has 5 heteroatoms. The predicted molar refractivity (Wildman–Crippen MR) is 84.1 cm³/mol. The first-order chi connectivity index (χ1) is 11.1. The van der Waals surface area contributed by atoms with Crippen molar-refractivity contribution in [3.63, 3.8) is 0 Å². The van der Waals surface area contributed by atoms with Crippen molar-refractivity contribution in [3.05, 3.63) is 77.6 Å². The summed E-state index contributed by atoms with van der Waals surface area (Å²) in [7, 11) is 0. The van der Waals surface area contributed by atoms with Crippen LogP contribution in [0.15, 0.2) is 60.5 Å². The number of carbonyl (C=O) groups excluding carboxylic acids is 1. The van der Waals surface area contributed by atoms with Gasteiger partial charge in [0.05, 0.1) is 5.69 Å². The van der Waals surface area contributed by atoms with Crippen molar-refractivity contribution in [1.82, 2.24) is 4.98 Å². The zero-order valence-electron chi connectivity index (χ0n) is 12.3. The van der Waals surface area contributed by atoms with E-state index in [1.54, 1.807) is 36.5 Å². The molecule has 2 heterocycles. The standard InChI is InChI=1S/C18H16FNO3/c19-13-5-3-12(4-6-13)10-14-7-8-18(23-14)17(22)11-16(21)15-2-1-9-20-15/h1-6,8-9,11,14,20-21H,7,10H2/b16-11-. The molecule has 2 aromatic rings. The highest BCUT2D eigenvalue weighted by atomic mass is 19.1. The quantitative estimate of drug-likeness (QED) is 0.655. The second-order valence-corrected chi connectivity index (χ2v) is 5.35. The van der Waals surface area contributed by atoms with Crippen LogP contribution in [-0.2, 0) is 16.0 Å². The molecule has 0 aliphatic carbocycles. The largest absolute Gasteiger partial charge is 0.506 e. The summed E-state index contributed by atoms with van der Waals surface area (Å²) in [6, 6.07) is 9.61. The molecule has 1 atom stereocenters. The van der Waals surface area contributed by atoms with E-state index in [4.69, 9.17) is 4.74 Å². The number of hydrogen-bond donors (Lipinski definition) is 2. The second kappa shape index (κ2) is 6.52. The number of ether oxygens (including phenoxy) is 1. The number of benzene rings is 1. The van der Waals surface area contributed by atoms with E-state index in [1.807, 2.05) is 0 Å². The topological polar surface area (TPSA) is 62.3 Å². The van der Waals surface area contributed by atoms with Gasteiger partial charge in [-0.05, 0) is 35.9 Å². The van der Waals surface area contributed by atoms with Crippen LogP contribution in [0.1, 0.15) is 17.7 Å². The van der Waals surface area contributed by atoms with Crippen LogP contribution in [0, 0.1) is 5.82 Å². The minimum Gasteiger partial charge on any atom is -0.506 e. The molecule has 3 rings (SSSR count). The van der Waals surface area contributed by atoms with Crippen LogP contribution in [0.5, 0.6) is 0 Å². The van der Waals surface area contributed by atoms with Crippen LogP contribution in [0.25, 0.3) is 5.76 Å². The van der Waals surface area contributed by atoms with Crippen molar-refractivity contribution in [2.24, 2.45) is 0 Å². The van der Waals surface area contributed by atoms with Crippen molar-refractivity contribution in [1.29, 1.82) is 0 Å². The first-order valence-electron chi connectivity index (χ1n) is 7.32. The lowest BCUT2D eigenvalue weighted by molar-refractivity contribution is -0.114. The Labute approximate surface area is 132 Å². The Kier molecular flexibility index (Phi) is 4.28. The number of halogens is 1. The van der Waals surface area contributed by atoms with E-state index >= 15 is 0 Å². The molecular formula is C18H16FNO3. The molecule has 1 aliphatic rings. The average molecular weight is 313 g/mol. The van der Waals surface area contributed by atoms with E-state index < -0.39 is 0 Å². The van der Waals surface area contributed by atoms with E-state index in [1.165, 1.54) is 12.1 Å². The fourth-order valence-electron chi connectivity index (χ4n) is 2.44. The summed E-state index contributed by atoms with van der Waals surface area (Å²) in [5.41, 5.74) is 1.42. The van der Waals surface area contributed by atoms with E-state index in [-0.39, 0.29) is 29.2 Å². The molecule has 0 saturated carbocycles. The number of H-pyrrole nitrogens is 1. The van der Waals surface area contributed by atoms with Gasteiger partial charge in [0.1, 0.15) is 17.7 Å². The van der Waals surface area contributed by atoms with E-state index in [2.05, 4.69) is 4.98 Å². The average Bonchev–Trinajstić information content (AvgIpc) is 3.21. The van der Waals surface area contributed by atoms with Gasteiger partial charge in [0.15, 0.2) is 5.76 Å². The van der Waals surface area contributed by atoms with Gasteiger partial charge in [-0.15, -0.1) is 0 Å². The highest BCUT2D eigenvalue weighted by Crippen LogP contribution is 2.22. The minimum absolute atomic E-state index is 0.133. The lowest BCUT2D eigenvalue weighted by Crippen LogP contribution is -2.12. The molecule has 1 aromatic carbocycles. The smallest absolute Gasteiger partial charge is 0.223 e. The number of aliphatic hydroxyl groups is 1. The van der Waals surface area contributed by atoms with Gasteiger partial charge in [-0.1, -0.05) is 12.1 Å². The summed E-state index contributed by atoms with van der Waals surface area (Å²) in [5.74, 6) is -0.555. The molecule has 118 valence electrons. The Hall–Kier alpha value is -2.82. The number of allylic oxidation sites excluding steroid dienone is 1. The molecule has 0 fully saturated rings. The maximum Gasteiger partial charge on any atom is 0.223 e. The van der Waals surface area contributed by atoms with E-state index in [9.17, 15) is 14.3 Å². The maximum atomic E-state index is 12.9. The van der Waals surface area contributed by atoms with Gasteiger partial charge >= 0.3 is 0 Å². The monoisotopic (exact) mass is 313 g/mol. The van der Waals surface area contributed by atoms with Crippen LogP contribution >= 0.6 is 0 Å². The fourth-order valence-corrected chi connectivity index (χ4v) is 2.44. The van der Waals surface area contributed by atoms with Crippen molar-refractivity contribution in [3.8, 4) is 0 Å². The Bertz CT molecular complexity index is 745. The number of aliphatic hydroxyl groups excluding tert-OH is 1. The van der Waals surface area contributed by atoms with Gasteiger partial charge in [0, 0.05) is 25.1 Å². The van der Waals surface area contributed by atoms with Gasteiger partial charge in [-0.2, -0.15) is 0 Å². The SMILES string of the molecule is O=C(/C=C(\O)c1ccc[nH]1)C1=CCC(Cc2ccc(F)cc2)O1. The summed E-state index contributed by atoms with van der Waals surface area (Å²) >= 11 is 0. The number of aromatic amines is 1. The molecule has 0 bridgehead atoms. The molecule has 0 amide bonds. The molecule has 0 radical (unpaired) electrons. The van der Waals surface area contributed by atoms with Gasteiger partial charge < -0.3 is 14.8 Å². The number of hydrogen-bond acceptors (Lipinski definition) is 3. The van der Waals surface area contributed by atoms with Crippen LogP contribution in [0.2, 0.25) is 0 Å². The first-order valence-corrected chi connectivity index (χ1v) is 7.32. The second-order valence-electron chi connectivity index (χ2n) is 5.35. The molecule has 0 saturated heterocycles. The highest BCUT2D eigenvalue weighted by molar-refractivity contribution is 6.06. The van der Waals surface area contributed by atoms with Crippen LogP contribution in [0.3, 0.4) is 0 Å². The number of aromatic nitrogens is 1. The Morgan fingerprint density at radius 2 is 2.13 bits per heavy atom. The number of ketones is 1. The van der Waals surface area contributed by atoms with Crippen LogP contribution < -0.4 is 0 Å². The Morgan fingerprint density at radius 3 is 2.83 bits per heavy atom. The molecule has 1 unspecified atom stereocenters. The molecule has 1 aliphatic heterocycles. The van der Waals surface area contributed by atoms with Crippen molar-refractivity contribution in [2.75, 3.05) is 0 Å². The highest BCUT2D eigenvalue weighted by Gasteiger charge is 2.23. The lowest BCUT2D eigenvalue weighted by Gasteiger charge is -2.12. The van der Waals surface area contributed by atoms with Crippen LogP contribution in [-0.4, -0.2) is 22.0 Å². The third-order valence-corrected chi connectivity index (χ3v) is 3.62. The number of carbonyl (C=O) groups is 1. The number of rotatable bonds is 5. The zero-order chi connectivity index (χ0) is 16.2. The van der Waals surface area contributed by atoms with Gasteiger partial charge in [-0.25, -0.2) is 4.39 Å². The van der Waals surface area contributed by atoms with Gasteiger partial charge in [0.2, 0.25) is 5.78 Å². The normalized spacial score (nSPS) is 17.7. The number of nitrogens with one attached hydrogen (secondary N) is 1. The minimum atomic E-state index is -0.376. The molecule has 23 heavy (non-hydrogen) atoms. The summed E-state index contributed by atoms with van der Waals surface area (Å²) in [6.45, 7) is 0. The predicted octanol–water partition coefficient (Wildman–Crippen LogP) is 3.54. The molecule has 2 N–H and O–H groups in total. The van der Waals surface area contributed by atoms with Crippen molar-refractivity contribution < 1.29 is 19.0 Å². The van der Waals surface area contributed by atoms with Crippen LogP contribution in [0.4, 0.5) is 4.39 Å². The van der Waals surface area contributed by atoms with E-state index in [0.29, 0.717) is 18.5 Å². The maximum absolute atomic E-state index is 12.9. The Balaban J connectivity index is 1.59. The molecular weight excluding hydrogens is 297 g/mol. The zero-order valence-corrected chi connectivity index (χ0v) is 12.3. The molecule has 1 aromatic heterocycles. The Morgan fingerprint density at radius 1 is 1.35 bits per heavy atom. The van der Waals surface area contributed by atoms with Gasteiger partial charge in [0.25, 0.3) is 0 Å². The third kappa shape index (κ3) is 3.69. The summed E-state index contributed by atoms with van der Waals surface area (Å²) in [4.78, 5) is 14.9. The van der Waals surface area contributed by atoms with Crippen molar-refractivity contribution in [2.45, 2.75) is 18.9 Å². The van der Waals surface area contributed by atoms with E-state index in [0.717, 1.165) is 11.6 Å². The molecule has 0 spiro atoms. The van der Waals surface area contributed by atoms with Crippen molar-refractivity contribution >= 4 is 11.5 Å². The summed E-state index contributed by atoms with van der Waals surface area (Å²) < 4.78 is 18.5. The molecule has 4 nitrogen and oxygen atoms in total. The summed E-state index contributed by atoms with van der Waals surface area (Å²) in [6.07, 6.45) is 5.57. The lowest BCUT2D eigenvalue weighted by atomic mass is 10.1. The third-order valence-electron chi connectivity index (χ3n) is 3.62.